The van der Waals surface area contributed by atoms with Crippen LogP contribution in [0.4, 0.5) is 0 Å². The summed E-state index contributed by atoms with van der Waals surface area (Å²) in [5.74, 6) is 0. The normalized spacial score (nSPS) is 11.9. The van der Waals surface area contributed by atoms with E-state index in [2.05, 4.69) is 52.6 Å². The minimum absolute atomic E-state index is 0.249. The van der Waals surface area contributed by atoms with Crippen LogP contribution in [-0.2, 0) is 9.47 Å². The van der Waals surface area contributed by atoms with Gasteiger partial charge in [0.1, 0.15) is 13.5 Å². The van der Waals surface area contributed by atoms with E-state index in [4.69, 9.17) is 9.47 Å². The molecule has 118 valence electrons. The fourth-order valence-corrected chi connectivity index (χ4v) is 3.26. The lowest BCUT2D eigenvalue weighted by Gasteiger charge is -2.36. The highest BCUT2D eigenvalue weighted by Gasteiger charge is 2.40. The van der Waals surface area contributed by atoms with Gasteiger partial charge in [0, 0.05) is 7.11 Å². The van der Waals surface area contributed by atoms with Gasteiger partial charge in [-0.25, -0.2) is 0 Å². The zero-order chi connectivity index (χ0) is 15.6. The van der Waals surface area contributed by atoms with Crippen molar-refractivity contribution in [3.8, 4) is 0 Å². The zero-order valence-electron chi connectivity index (χ0n) is 14.6. The number of allylic oxidation sites excluding steroid dienone is 1. The van der Waals surface area contributed by atoms with Crippen molar-refractivity contribution < 1.29 is 9.47 Å². The molecule has 0 aromatic carbocycles. The average Bonchev–Trinajstić information content (AvgIpc) is 2.35. The van der Waals surface area contributed by atoms with Gasteiger partial charge in [0.15, 0.2) is 6.79 Å². The van der Waals surface area contributed by atoms with E-state index in [-0.39, 0.29) is 5.04 Å². The standard InChI is InChI=1S/C17H34O2Si/c1-8-9-10-11-12-13-14-16(19-15-18-5)20(6,7)17(2,3)4/h13H,8-12,15H2,1-7H3. The first-order chi connectivity index (χ1) is 9.27. The molecule has 20 heavy (non-hydrogen) atoms. The van der Waals surface area contributed by atoms with Crippen molar-refractivity contribution in [3.63, 3.8) is 0 Å². The van der Waals surface area contributed by atoms with Crippen LogP contribution in [-0.4, -0.2) is 22.0 Å². The van der Waals surface area contributed by atoms with Crippen LogP contribution in [0.15, 0.2) is 17.2 Å². The lowest BCUT2D eigenvalue weighted by molar-refractivity contribution is 0.0127. The molecule has 0 aliphatic heterocycles. The highest BCUT2D eigenvalue weighted by Crippen LogP contribution is 2.40. The minimum atomic E-state index is -1.67. The molecule has 2 nitrogen and oxygen atoms in total. The summed E-state index contributed by atoms with van der Waals surface area (Å²) in [5, 5.41) is 1.28. The van der Waals surface area contributed by atoms with Gasteiger partial charge >= 0.3 is 0 Å². The summed E-state index contributed by atoms with van der Waals surface area (Å²) in [7, 11) is -0.0105. The van der Waals surface area contributed by atoms with E-state index in [0.717, 1.165) is 11.8 Å². The van der Waals surface area contributed by atoms with Gasteiger partial charge in [-0.15, -0.1) is 0 Å². The molecular weight excluding hydrogens is 264 g/mol. The van der Waals surface area contributed by atoms with E-state index >= 15 is 0 Å². The Balaban J connectivity index is 4.82. The van der Waals surface area contributed by atoms with E-state index < -0.39 is 8.07 Å². The zero-order valence-corrected chi connectivity index (χ0v) is 15.6. The Morgan fingerprint density at radius 1 is 1.15 bits per heavy atom. The van der Waals surface area contributed by atoms with Gasteiger partial charge in [0.25, 0.3) is 0 Å². The van der Waals surface area contributed by atoms with Crippen LogP contribution in [0.5, 0.6) is 0 Å². The van der Waals surface area contributed by atoms with Crippen molar-refractivity contribution in [2.45, 2.75) is 77.9 Å². The molecule has 0 rings (SSSR count). The number of unbranched alkanes of at least 4 members (excludes halogenated alkanes) is 4. The van der Waals surface area contributed by atoms with Crippen molar-refractivity contribution in [2.24, 2.45) is 0 Å². The van der Waals surface area contributed by atoms with Gasteiger partial charge in [-0.3, -0.25) is 0 Å². The van der Waals surface area contributed by atoms with Crippen molar-refractivity contribution in [1.82, 2.24) is 0 Å². The van der Waals surface area contributed by atoms with Crippen LogP contribution in [0.1, 0.15) is 59.8 Å². The second kappa shape index (κ2) is 9.44. The smallest absolute Gasteiger partial charge is 0.188 e. The highest BCUT2D eigenvalue weighted by molar-refractivity contribution is 6.86. The summed E-state index contributed by atoms with van der Waals surface area (Å²) in [6.07, 6.45) is 8.41. The summed E-state index contributed by atoms with van der Waals surface area (Å²) < 4.78 is 10.9. The first-order valence-electron chi connectivity index (χ1n) is 7.84. The Bertz CT molecular complexity index is 320. The van der Waals surface area contributed by atoms with E-state index in [0.29, 0.717) is 6.79 Å². The largest absolute Gasteiger partial charge is 0.469 e. The highest BCUT2D eigenvalue weighted by atomic mass is 28.3. The lowest BCUT2D eigenvalue weighted by atomic mass is 10.1. The van der Waals surface area contributed by atoms with Crippen LogP contribution in [0.25, 0.3) is 0 Å². The Hall–Kier alpha value is -0.503. The molecule has 0 aromatic rings. The van der Waals surface area contributed by atoms with Crippen LogP contribution < -0.4 is 0 Å². The molecule has 0 amide bonds. The summed E-state index contributed by atoms with van der Waals surface area (Å²) in [5.41, 5.74) is 3.43. The fraction of sp³-hybridized carbons (Fsp3) is 0.824. The molecule has 0 unspecified atom stereocenters. The predicted molar refractivity (Wildman–Crippen MR) is 90.5 cm³/mol. The van der Waals surface area contributed by atoms with Gasteiger partial charge in [-0.05, 0) is 24.0 Å². The molecule has 3 heteroatoms. The average molecular weight is 299 g/mol. The van der Waals surface area contributed by atoms with Gasteiger partial charge < -0.3 is 9.47 Å². The maximum atomic E-state index is 5.82. The second-order valence-corrected chi connectivity index (χ2v) is 12.2. The molecule has 0 heterocycles. The van der Waals surface area contributed by atoms with Crippen LogP contribution in [0, 0.1) is 0 Å². The van der Waals surface area contributed by atoms with E-state index in [9.17, 15) is 0 Å². The van der Waals surface area contributed by atoms with E-state index in [1.54, 1.807) is 7.11 Å². The molecule has 0 bridgehead atoms. The Morgan fingerprint density at radius 3 is 2.30 bits per heavy atom. The quantitative estimate of drug-likeness (QED) is 0.180. The molecule has 0 aliphatic carbocycles. The van der Waals surface area contributed by atoms with Gasteiger partial charge in [-0.2, -0.15) is 0 Å². The molecular formula is C17H34O2Si. The maximum Gasteiger partial charge on any atom is 0.188 e. The molecule has 0 atom stereocenters. The first kappa shape index (κ1) is 19.5. The first-order valence-corrected chi connectivity index (χ1v) is 10.8. The van der Waals surface area contributed by atoms with Crippen LogP contribution >= 0.6 is 0 Å². The Kier molecular flexibility index (Phi) is 9.20. The molecule has 0 aromatic heterocycles. The lowest BCUT2D eigenvalue weighted by Crippen LogP contribution is -2.40. The Morgan fingerprint density at radius 2 is 1.80 bits per heavy atom. The molecule has 0 N–H and O–H groups in total. The second-order valence-electron chi connectivity index (χ2n) is 6.95. The maximum absolute atomic E-state index is 5.82. The monoisotopic (exact) mass is 298 g/mol. The van der Waals surface area contributed by atoms with E-state index in [1.165, 1.54) is 25.7 Å². The number of hydrogen-bond acceptors (Lipinski definition) is 2. The van der Waals surface area contributed by atoms with Gasteiger partial charge in [0.05, 0.1) is 0 Å². The van der Waals surface area contributed by atoms with Gasteiger partial charge in [-0.1, -0.05) is 65.8 Å². The van der Waals surface area contributed by atoms with Crippen molar-refractivity contribution in [1.29, 1.82) is 0 Å². The molecule has 0 aliphatic rings. The summed E-state index contributed by atoms with van der Waals surface area (Å²) in [6.45, 7) is 14.1. The number of methoxy groups -OCH3 is 1. The number of rotatable bonds is 9. The van der Waals surface area contributed by atoms with Crippen LogP contribution in [0.2, 0.25) is 18.1 Å². The van der Waals surface area contributed by atoms with Crippen molar-refractivity contribution in [3.05, 3.63) is 17.2 Å². The Labute approximate surface area is 127 Å². The molecule has 0 saturated carbocycles. The summed E-state index contributed by atoms with van der Waals surface area (Å²) in [6, 6.07) is 0. The third-order valence-corrected chi connectivity index (χ3v) is 9.37. The van der Waals surface area contributed by atoms with Crippen molar-refractivity contribution in [2.75, 3.05) is 13.9 Å². The number of hydrogen-bond donors (Lipinski definition) is 0. The molecule has 0 spiro atoms. The topological polar surface area (TPSA) is 18.5 Å². The molecule has 0 saturated heterocycles. The third kappa shape index (κ3) is 6.78. The minimum Gasteiger partial charge on any atom is -0.469 e. The SMILES string of the molecule is CCCCCCC=C=C(OCOC)[Si](C)(C)C(C)(C)C. The third-order valence-electron chi connectivity index (χ3n) is 4.20. The van der Waals surface area contributed by atoms with Gasteiger partial charge in [0.2, 0.25) is 0 Å². The fourth-order valence-electron chi connectivity index (χ4n) is 1.70. The van der Waals surface area contributed by atoms with Crippen molar-refractivity contribution >= 4 is 8.07 Å². The molecule has 0 radical (unpaired) electrons. The number of ether oxygens (including phenoxy) is 2. The predicted octanol–water partition coefficient (Wildman–Crippen LogP) is 5.66. The van der Waals surface area contributed by atoms with Crippen LogP contribution in [0.3, 0.4) is 0 Å². The summed E-state index contributed by atoms with van der Waals surface area (Å²) in [4.78, 5) is 0. The summed E-state index contributed by atoms with van der Waals surface area (Å²) >= 11 is 0. The van der Waals surface area contributed by atoms with E-state index in [1.807, 2.05) is 0 Å². The molecule has 0 fully saturated rings.